The number of furan rings is 1. The number of amides is 2. The van der Waals surface area contributed by atoms with Crippen molar-refractivity contribution in [2.24, 2.45) is 5.41 Å². The number of aryl methyl sites for hydroxylation is 3. The zero-order valence-corrected chi connectivity index (χ0v) is 24.1. The van der Waals surface area contributed by atoms with Crippen LogP contribution in [0.15, 0.2) is 63.5 Å². The van der Waals surface area contributed by atoms with Crippen molar-refractivity contribution in [1.29, 1.82) is 0 Å². The van der Waals surface area contributed by atoms with Crippen LogP contribution in [0.25, 0.3) is 33.4 Å². The molecule has 0 radical (unpaired) electrons. The Kier molecular flexibility index (Phi) is 6.92. The van der Waals surface area contributed by atoms with E-state index in [-0.39, 0.29) is 35.9 Å². The van der Waals surface area contributed by atoms with Crippen LogP contribution in [0.1, 0.15) is 56.9 Å². The van der Waals surface area contributed by atoms with Gasteiger partial charge in [-0.1, -0.05) is 17.3 Å². The molecule has 2 heterocycles. The van der Waals surface area contributed by atoms with Gasteiger partial charge in [0.15, 0.2) is 11.6 Å². The lowest BCUT2D eigenvalue weighted by Crippen LogP contribution is -2.27. The molecule has 6 rings (SSSR count). The number of hydrogen-bond donors (Lipinski definition) is 2. The molecule has 0 saturated heterocycles. The van der Waals surface area contributed by atoms with E-state index in [2.05, 4.69) is 20.8 Å². The van der Waals surface area contributed by atoms with Crippen LogP contribution < -0.4 is 10.6 Å². The first kappa shape index (κ1) is 28.0. The molecule has 0 bridgehead atoms. The van der Waals surface area contributed by atoms with Crippen LogP contribution in [-0.2, 0) is 4.79 Å². The molecule has 1 saturated carbocycles. The molecular weight excluding hydrogens is 551 g/mol. The lowest BCUT2D eigenvalue weighted by molar-refractivity contribution is -0.121. The van der Waals surface area contributed by atoms with E-state index in [0.29, 0.717) is 52.1 Å². The molecular formula is C33H29FN4O5. The van der Waals surface area contributed by atoms with Crippen LogP contribution in [0.3, 0.4) is 0 Å². The van der Waals surface area contributed by atoms with Crippen LogP contribution in [0, 0.1) is 32.0 Å². The van der Waals surface area contributed by atoms with E-state index in [1.807, 2.05) is 38.1 Å². The molecule has 10 heteroatoms. The van der Waals surface area contributed by atoms with Crippen LogP contribution in [-0.4, -0.2) is 34.8 Å². The number of nitrogens with zero attached hydrogens (tertiary/aromatic N) is 2. The first-order valence-electron chi connectivity index (χ1n) is 13.9. The number of nitrogens with one attached hydrogen (secondary N) is 2. The van der Waals surface area contributed by atoms with E-state index in [1.165, 1.54) is 19.2 Å². The Balaban J connectivity index is 1.34. The van der Waals surface area contributed by atoms with Gasteiger partial charge in [0.25, 0.3) is 5.91 Å². The van der Waals surface area contributed by atoms with Gasteiger partial charge in [-0.3, -0.25) is 19.7 Å². The van der Waals surface area contributed by atoms with Crippen molar-refractivity contribution >= 4 is 34.6 Å². The molecule has 218 valence electrons. The third kappa shape index (κ3) is 5.20. The Morgan fingerprint density at radius 3 is 2.33 bits per heavy atom. The topological polar surface area (TPSA) is 127 Å². The van der Waals surface area contributed by atoms with Gasteiger partial charge >= 0.3 is 6.01 Å². The summed E-state index contributed by atoms with van der Waals surface area (Å²) in [6, 6.07) is 15.1. The summed E-state index contributed by atoms with van der Waals surface area (Å²) in [6.07, 6.45) is 1.23. The minimum Gasteiger partial charge on any atom is -0.455 e. The number of aromatic nitrogens is 2. The third-order valence-electron chi connectivity index (χ3n) is 8.01. The molecule has 1 aliphatic rings. The van der Waals surface area contributed by atoms with Crippen molar-refractivity contribution in [3.8, 4) is 22.5 Å². The SMILES string of the molecule is CNC(=O)c1c(-c2ccc(F)cc2)oc2ccc(-c3cc(C(=O)CC4(C(=O)Nc5nc(C)no5)CC4)c(C)cc3C)cc12. The van der Waals surface area contributed by atoms with E-state index in [4.69, 9.17) is 8.94 Å². The van der Waals surface area contributed by atoms with Gasteiger partial charge in [-0.05, 0) is 98.3 Å². The minimum atomic E-state index is -0.814. The maximum atomic E-state index is 13.6. The van der Waals surface area contributed by atoms with Gasteiger partial charge < -0.3 is 14.3 Å². The number of ketones is 1. The van der Waals surface area contributed by atoms with E-state index in [1.54, 1.807) is 25.1 Å². The molecule has 5 aromatic rings. The minimum absolute atomic E-state index is 0.0170. The van der Waals surface area contributed by atoms with Crippen LogP contribution in [0.5, 0.6) is 0 Å². The standard InChI is InChI=1S/C33H29FN4O5/c1-17-13-18(2)24(26(39)16-33(11-12-33)31(41)37-32-36-19(3)38-43-32)15-23(17)21-7-10-27-25(14-21)28(30(40)35-4)29(42-27)20-5-8-22(34)9-6-20/h5-10,13-15H,11-12,16H2,1-4H3,(H,35,40)(H,36,37,38,41). The number of anilines is 1. The van der Waals surface area contributed by atoms with Gasteiger partial charge in [0, 0.05) is 30.0 Å². The van der Waals surface area contributed by atoms with Crippen molar-refractivity contribution < 1.29 is 27.7 Å². The fourth-order valence-electron chi connectivity index (χ4n) is 5.50. The molecule has 0 atom stereocenters. The molecule has 2 amide bonds. The highest BCUT2D eigenvalue weighted by molar-refractivity contribution is 6.12. The first-order chi connectivity index (χ1) is 20.6. The smallest absolute Gasteiger partial charge is 0.328 e. The average Bonchev–Trinajstić information content (AvgIpc) is 3.49. The number of benzene rings is 3. The summed E-state index contributed by atoms with van der Waals surface area (Å²) >= 11 is 0. The number of carbonyl (C=O) groups excluding carboxylic acids is 3. The fraction of sp³-hybridized carbons (Fsp3) is 0.242. The van der Waals surface area contributed by atoms with E-state index in [0.717, 1.165) is 22.3 Å². The quantitative estimate of drug-likeness (QED) is 0.199. The normalized spacial score (nSPS) is 13.6. The number of Topliss-reactive ketones (excluding diaryl/α,β-unsaturated/α-hetero) is 1. The molecule has 43 heavy (non-hydrogen) atoms. The fourth-order valence-corrected chi connectivity index (χ4v) is 5.50. The first-order valence-corrected chi connectivity index (χ1v) is 13.9. The summed E-state index contributed by atoms with van der Waals surface area (Å²) in [6.45, 7) is 5.49. The van der Waals surface area contributed by atoms with Crippen molar-refractivity contribution in [1.82, 2.24) is 15.5 Å². The van der Waals surface area contributed by atoms with Crippen molar-refractivity contribution in [3.63, 3.8) is 0 Å². The highest BCUT2D eigenvalue weighted by Crippen LogP contribution is 2.50. The number of hydrogen-bond acceptors (Lipinski definition) is 7. The largest absolute Gasteiger partial charge is 0.455 e. The van der Waals surface area contributed by atoms with E-state index < -0.39 is 5.41 Å². The van der Waals surface area contributed by atoms with Gasteiger partial charge in [0.2, 0.25) is 5.91 Å². The van der Waals surface area contributed by atoms with Crippen molar-refractivity contribution in [2.75, 3.05) is 12.4 Å². The van der Waals surface area contributed by atoms with E-state index in [9.17, 15) is 18.8 Å². The Morgan fingerprint density at radius 1 is 0.953 bits per heavy atom. The zero-order chi connectivity index (χ0) is 30.5. The van der Waals surface area contributed by atoms with Crippen LogP contribution in [0.4, 0.5) is 10.4 Å². The van der Waals surface area contributed by atoms with E-state index >= 15 is 0 Å². The summed E-state index contributed by atoms with van der Waals surface area (Å²) < 4.78 is 24.7. The molecule has 3 aromatic carbocycles. The summed E-state index contributed by atoms with van der Waals surface area (Å²) in [5.74, 6) is -0.427. The average molecular weight is 581 g/mol. The summed E-state index contributed by atoms with van der Waals surface area (Å²) in [5.41, 5.74) is 4.49. The maximum Gasteiger partial charge on any atom is 0.328 e. The summed E-state index contributed by atoms with van der Waals surface area (Å²) in [5, 5.41) is 9.60. The Labute approximate surface area is 246 Å². The van der Waals surface area contributed by atoms with Gasteiger partial charge in [-0.25, -0.2) is 4.39 Å². The predicted octanol–water partition coefficient (Wildman–Crippen LogP) is 6.57. The highest BCUT2D eigenvalue weighted by Gasteiger charge is 2.51. The molecule has 9 nitrogen and oxygen atoms in total. The van der Waals surface area contributed by atoms with Gasteiger partial charge in [-0.15, -0.1) is 0 Å². The molecule has 1 aliphatic carbocycles. The zero-order valence-electron chi connectivity index (χ0n) is 24.1. The highest BCUT2D eigenvalue weighted by atomic mass is 19.1. The Morgan fingerprint density at radius 2 is 1.67 bits per heavy atom. The number of halogens is 1. The monoisotopic (exact) mass is 580 g/mol. The molecule has 1 fully saturated rings. The third-order valence-corrected chi connectivity index (χ3v) is 8.01. The lowest BCUT2D eigenvalue weighted by atomic mass is 9.88. The van der Waals surface area contributed by atoms with Gasteiger partial charge in [0.05, 0.1) is 11.0 Å². The van der Waals surface area contributed by atoms with Gasteiger partial charge in [0.1, 0.15) is 17.2 Å². The second-order valence-corrected chi connectivity index (χ2v) is 11.1. The van der Waals surface area contributed by atoms with Crippen LogP contribution >= 0.6 is 0 Å². The molecule has 2 aromatic heterocycles. The molecule has 2 N–H and O–H groups in total. The lowest BCUT2D eigenvalue weighted by Gasteiger charge is -2.16. The van der Waals surface area contributed by atoms with Crippen molar-refractivity contribution in [2.45, 2.75) is 40.0 Å². The number of carbonyl (C=O) groups is 3. The Bertz CT molecular complexity index is 1920. The summed E-state index contributed by atoms with van der Waals surface area (Å²) in [7, 11) is 1.54. The number of fused-ring (bicyclic) bond motifs is 1. The number of rotatable bonds is 8. The van der Waals surface area contributed by atoms with Gasteiger partial charge in [-0.2, -0.15) is 4.98 Å². The summed E-state index contributed by atoms with van der Waals surface area (Å²) in [4.78, 5) is 43.7. The Hall–Kier alpha value is -5.12. The van der Waals surface area contributed by atoms with Crippen molar-refractivity contribution in [3.05, 3.63) is 88.5 Å². The molecule has 0 unspecified atom stereocenters. The maximum absolute atomic E-state index is 13.6. The molecule has 0 spiro atoms. The second kappa shape index (κ2) is 10.6. The predicted molar refractivity (Wildman–Crippen MR) is 158 cm³/mol. The van der Waals surface area contributed by atoms with Crippen LogP contribution in [0.2, 0.25) is 0 Å². The molecule has 0 aliphatic heterocycles. The second-order valence-electron chi connectivity index (χ2n) is 11.1.